The Morgan fingerprint density at radius 3 is 2.77 bits per heavy atom. The van der Waals surface area contributed by atoms with Crippen LogP contribution in [-0.2, 0) is 6.42 Å². The minimum atomic E-state index is -0.355. The number of aromatic nitrogens is 2. The predicted octanol–water partition coefficient (Wildman–Crippen LogP) is 2.06. The van der Waals surface area contributed by atoms with E-state index >= 15 is 0 Å². The molecule has 5 nitrogen and oxygen atoms in total. The first-order chi connectivity index (χ1) is 10.7. The summed E-state index contributed by atoms with van der Waals surface area (Å²) >= 11 is 0. The van der Waals surface area contributed by atoms with Gasteiger partial charge in [0.15, 0.2) is 0 Å². The van der Waals surface area contributed by atoms with Gasteiger partial charge in [0.25, 0.3) is 0 Å². The molecular formula is C17H23N3O2. The lowest BCUT2D eigenvalue weighted by Crippen LogP contribution is -2.32. The van der Waals surface area contributed by atoms with Crippen molar-refractivity contribution < 1.29 is 9.84 Å². The molecule has 0 unspecified atom stereocenters. The van der Waals surface area contributed by atoms with Crippen LogP contribution >= 0.6 is 0 Å². The van der Waals surface area contributed by atoms with Gasteiger partial charge in [-0.05, 0) is 49.3 Å². The maximum Gasteiger partial charge on any atom is 0.213 e. The third-order valence-electron chi connectivity index (χ3n) is 4.64. The van der Waals surface area contributed by atoms with Crippen molar-refractivity contribution >= 4 is 11.0 Å². The van der Waals surface area contributed by atoms with Crippen LogP contribution in [-0.4, -0.2) is 34.3 Å². The molecular weight excluding hydrogens is 278 g/mol. The number of aliphatic hydroxyl groups is 1. The molecule has 5 heteroatoms. The molecule has 2 heterocycles. The molecule has 0 aliphatic heterocycles. The largest absolute Gasteiger partial charge is 0.481 e. The Morgan fingerprint density at radius 2 is 2.05 bits per heavy atom. The number of fused-ring (bicyclic) bond motifs is 1. The molecule has 0 saturated heterocycles. The molecule has 1 saturated carbocycles. The molecule has 2 aromatic rings. The van der Waals surface area contributed by atoms with E-state index in [9.17, 15) is 5.11 Å². The highest BCUT2D eigenvalue weighted by molar-refractivity contribution is 5.78. The fraction of sp³-hybridized carbons (Fsp3) is 0.529. The van der Waals surface area contributed by atoms with Gasteiger partial charge in [0, 0.05) is 24.7 Å². The average Bonchev–Trinajstić information content (AvgIpc) is 2.55. The van der Waals surface area contributed by atoms with Gasteiger partial charge in [0.2, 0.25) is 5.88 Å². The summed E-state index contributed by atoms with van der Waals surface area (Å²) in [5.41, 5.74) is 8.61. The number of pyridine rings is 2. The molecule has 0 amide bonds. The molecule has 118 valence electrons. The van der Waals surface area contributed by atoms with Gasteiger partial charge < -0.3 is 15.6 Å². The molecule has 2 aromatic heterocycles. The van der Waals surface area contributed by atoms with E-state index in [0.29, 0.717) is 24.3 Å². The number of methoxy groups -OCH3 is 1. The quantitative estimate of drug-likeness (QED) is 0.903. The van der Waals surface area contributed by atoms with Gasteiger partial charge >= 0.3 is 0 Å². The van der Waals surface area contributed by atoms with Crippen LogP contribution < -0.4 is 10.5 Å². The number of aliphatic hydroxyl groups excluding tert-OH is 1. The van der Waals surface area contributed by atoms with Crippen LogP contribution in [0.3, 0.4) is 0 Å². The van der Waals surface area contributed by atoms with E-state index in [1.165, 1.54) is 0 Å². The van der Waals surface area contributed by atoms with Crippen LogP contribution in [0.4, 0.5) is 0 Å². The zero-order chi connectivity index (χ0) is 15.5. The van der Waals surface area contributed by atoms with Crippen LogP contribution in [0.15, 0.2) is 24.4 Å². The van der Waals surface area contributed by atoms with Crippen molar-refractivity contribution in [2.45, 2.75) is 44.2 Å². The maximum absolute atomic E-state index is 10.6. The van der Waals surface area contributed by atoms with Crippen LogP contribution in [0.2, 0.25) is 0 Å². The van der Waals surface area contributed by atoms with Gasteiger partial charge in [-0.1, -0.05) is 0 Å². The fourth-order valence-corrected chi connectivity index (χ4v) is 3.26. The molecule has 1 atom stereocenters. The summed E-state index contributed by atoms with van der Waals surface area (Å²) in [5, 5.41) is 10.6. The average molecular weight is 301 g/mol. The number of ether oxygens (including phenoxy) is 1. The van der Waals surface area contributed by atoms with Crippen molar-refractivity contribution in [3.8, 4) is 5.88 Å². The van der Waals surface area contributed by atoms with Gasteiger partial charge in [-0.15, -0.1) is 0 Å². The minimum Gasteiger partial charge on any atom is -0.481 e. The molecule has 1 fully saturated rings. The minimum absolute atomic E-state index is 0.302. The molecule has 1 aliphatic carbocycles. The van der Waals surface area contributed by atoms with E-state index in [0.717, 1.165) is 42.3 Å². The Hall–Kier alpha value is -1.72. The third kappa shape index (κ3) is 3.20. The summed E-state index contributed by atoms with van der Waals surface area (Å²) in [6.07, 6.45) is 6.03. The first-order valence-corrected chi connectivity index (χ1v) is 7.89. The summed E-state index contributed by atoms with van der Waals surface area (Å²) in [5.74, 6) is 0.897. The van der Waals surface area contributed by atoms with E-state index < -0.39 is 0 Å². The van der Waals surface area contributed by atoms with Crippen molar-refractivity contribution in [1.82, 2.24) is 9.97 Å². The van der Waals surface area contributed by atoms with Crippen molar-refractivity contribution in [2.24, 2.45) is 11.7 Å². The zero-order valence-electron chi connectivity index (χ0n) is 12.9. The van der Waals surface area contributed by atoms with Gasteiger partial charge in [0.1, 0.15) is 0 Å². The van der Waals surface area contributed by atoms with Crippen molar-refractivity contribution in [3.63, 3.8) is 0 Å². The van der Waals surface area contributed by atoms with E-state index in [2.05, 4.69) is 9.97 Å². The second-order valence-electron chi connectivity index (χ2n) is 6.14. The van der Waals surface area contributed by atoms with Crippen LogP contribution in [0, 0.1) is 5.92 Å². The summed E-state index contributed by atoms with van der Waals surface area (Å²) in [6.45, 7) is 0. The number of hydrogen-bond acceptors (Lipinski definition) is 5. The van der Waals surface area contributed by atoms with E-state index in [-0.39, 0.29) is 6.10 Å². The highest BCUT2D eigenvalue weighted by Crippen LogP contribution is 2.29. The van der Waals surface area contributed by atoms with Crippen molar-refractivity contribution in [3.05, 3.63) is 30.0 Å². The SMILES string of the molecule is COc1ccc2nccc(C[C@H](O)C3CCC(N)CC3)c2n1. The molecule has 0 spiro atoms. The van der Waals surface area contributed by atoms with E-state index in [1.54, 1.807) is 19.4 Å². The third-order valence-corrected chi connectivity index (χ3v) is 4.64. The molecule has 0 radical (unpaired) electrons. The Balaban J connectivity index is 1.80. The molecule has 22 heavy (non-hydrogen) atoms. The lowest BCUT2D eigenvalue weighted by Gasteiger charge is -2.29. The zero-order valence-corrected chi connectivity index (χ0v) is 12.9. The highest BCUT2D eigenvalue weighted by atomic mass is 16.5. The lowest BCUT2D eigenvalue weighted by atomic mass is 9.81. The Morgan fingerprint density at radius 1 is 1.27 bits per heavy atom. The number of nitrogens with two attached hydrogens (primary N) is 1. The summed E-state index contributed by atoms with van der Waals surface area (Å²) in [4.78, 5) is 8.82. The molecule has 3 N–H and O–H groups in total. The summed E-state index contributed by atoms with van der Waals surface area (Å²) in [7, 11) is 1.60. The normalized spacial score (nSPS) is 23.4. The highest BCUT2D eigenvalue weighted by Gasteiger charge is 2.25. The number of nitrogens with zero attached hydrogens (tertiary/aromatic N) is 2. The van der Waals surface area contributed by atoms with Crippen LogP contribution in [0.5, 0.6) is 5.88 Å². The molecule has 1 aliphatic rings. The van der Waals surface area contributed by atoms with Gasteiger partial charge in [-0.3, -0.25) is 4.98 Å². The van der Waals surface area contributed by atoms with Crippen molar-refractivity contribution in [2.75, 3.05) is 7.11 Å². The standard InChI is InChI=1S/C17H23N3O2/c1-22-16-7-6-14-17(20-16)12(8-9-19-14)10-15(21)11-2-4-13(18)5-3-11/h6-9,11,13,15,21H,2-5,10,18H2,1H3/t11?,13?,15-/m0/s1. The second kappa shape index (κ2) is 6.58. The fourth-order valence-electron chi connectivity index (χ4n) is 3.26. The topological polar surface area (TPSA) is 81.3 Å². The van der Waals surface area contributed by atoms with Gasteiger partial charge in [0.05, 0.1) is 24.2 Å². The predicted molar refractivity (Wildman–Crippen MR) is 85.7 cm³/mol. The van der Waals surface area contributed by atoms with E-state index in [4.69, 9.17) is 10.5 Å². The first-order valence-electron chi connectivity index (χ1n) is 7.89. The summed E-state index contributed by atoms with van der Waals surface area (Å²) < 4.78 is 5.20. The van der Waals surface area contributed by atoms with Gasteiger partial charge in [-0.2, -0.15) is 0 Å². The number of hydrogen-bond donors (Lipinski definition) is 2. The van der Waals surface area contributed by atoms with E-state index in [1.807, 2.05) is 12.1 Å². The number of rotatable bonds is 4. The smallest absolute Gasteiger partial charge is 0.213 e. The Labute approximate surface area is 130 Å². The molecule has 0 aromatic carbocycles. The summed E-state index contributed by atoms with van der Waals surface area (Å²) in [6, 6.07) is 5.94. The maximum atomic E-state index is 10.6. The monoisotopic (exact) mass is 301 g/mol. The lowest BCUT2D eigenvalue weighted by molar-refractivity contribution is 0.0819. The first kappa shape index (κ1) is 15.2. The second-order valence-corrected chi connectivity index (χ2v) is 6.14. The molecule has 0 bridgehead atoms. The van der Waals surface area contributed by atoms with Crippen LogP contribution in [0.25, 0.3) is 11.0 Å². The molecule has 3 rings (SSSR count). The Bertz CT molecular complexity index is 639. The van der Waals surface area contributed by atoms with Gasteiger partial charge in [-0.25, -0.2) is 4.98 Å². The van der Waals surface area contributed by atoms with Crippen LogP contribution in [0.1, 0.15) is 31.2 Å². The Kier molecular flexibility index (Phi) is 4.55. The van der Waals surface area contributed by atoms with Crippen molar-refractivity contribution in [1.29, 1.82) is 0 Å².